The summed E-state index contributed by atoms with van der Waals surface area (Å²) in [5, 5.41) is 4.20. The minimum Gasteiger partial charge on any atom is -0.316 e. The van der Waals surface area contributed by atoms with Crippen molar-refractivity contribution in [2.75, 3.05) is 13.1 Å². The molecule has 0 aliphatic rings. The van der Waals surface area contributed by atoms with Crippen LogP contribution in [0.15, 0.2) is 22.7 Å². The Morgan fingerprint density at radius 3 is 2.73 bits per heavy atom. The molecule has 3 heteroatoms. The molecule has 15 heavy (non-hydrogen) atoms. The second-order valence-corrected chi connectivity index (χ2v) is 5.37. The lowest BCUT2D eigenvalue weighted by atomic mass is 10.1. The first-order valence-electron chi connectivity index (χ1n) is 5.24. The topological polar surface area (TPSA) is 12.0 Å². The Labute approximate surface area is 105 Å². The van der Waals surface area contributed by atoms with Gasteiger partial charge in [-0.2, -0.15) is 0 Å². The Hall–Kier alpha value is -0.0500. The maximum absolute atomic E-state index is 5.87. The highest BCUT2D eigenvalue weighted by Gasteiger charge is 2.00. The zero-order chi connectivity index (χ0) is 11.3. The summed E-state index contributed by atoms with van der Waals surface area (Å²) in [5.41, 5.74) is 1.30. The summed E-state index contributed by atoms with van der Waals surface area (Å²) in [6, 6.07) is 5.95. The van der Waals surface area contributed by atoms with Crippen molar-refractivity contribution in [1.82, 2.24) is 5.32 Å². The quantitative estimate of drug-likeness (QED) is 0.811. The van der Waals surface area contributed by atoms with Crippen molar-refractivity contribution in [3.63, 3.8) is 0 Å². The van der Waals surface area contributed by atoms with Crippen LogP contribution in [0, 0.1) is 5.92 Å². The van der Waals surface area contributed by atoms with E-state index in [4.69, 9.17) is 11.6 Å². The van der Waals surface area contributed by atoms with Gasteiger partial charge in [0.1, 0.15) is 0 Å². The van der Waals surface area contributed by atoms with Crippen molar-refractivity contribution < 1.29 is 0 Å². The van der Waals surface area contributed by atoms with E-state index in [0.717, 1.165) is 29.0 Å². The molecule has 1 N–H and O–H groups in total. The molecule has 1 aromatic carbocycles. The van der Waals surface area contributed by atoms with Crippen LogP contribution >= 0.6 is 27.5 Å². The van der Waals surface area contributed by atoms with Gasteiger partial charge in [0.15, 0.2) is 0 Å². The minimum absolute atomic E-state index is 0.707. The molecule has 0 aromatic heterocycles. The van der Waals surface area contributed by atoms with E-state index in [-0.39, 0.29) is 0 Å². The molecule has 0 amide bonds. The van der Waals surface area contributed by atoms with Crippen LogP contribution in [-0.4, -0.2) is 13.1 Å². The summed E-state index contributed by atoms with van der Waals surface area (Å²) in [5.74, 6) is 0.707. The first kappa shape index (κ1) is 13.0. The molecule has 0 aliphatic heterocycles. The van der Waals surface area contributed by atoms with Crippen LogP contribution in [0.2, 0.25) is 5.02 Å². The first-order valence-corrected chi connectivity index (χ1v) is 6.41. The van der Waals surface area contributed by atoms with Crippen molar-refractivity contribution in [3.8, 4) is 0 Å². The Bertz CT molecular complexity index is 312. The predicted molar refractivity (Wildman–Crippen MR) is 70.6 cm³/mol. The van der Waals surface area contributed by atoms with Gasteiger partial charge in [0.05, 0.1) is 0 Å². The lowest BCUT2D eigenvalue weighted by molar-refractivity contribution is 0.554. The predicted octanol–water partition coefficient (Wildman–Crippen LogP) is 3.89. The number of hydrogen-bond acceptors (Lipinski definition) is 1. The van der Waals surface area contributed by atoms with Gasteiger partial charge in [-0.3, -0.25) is 0 Å². The average Bonchev–Trinajstić information content (AvgIpc) is 2.14. The van der Waals surface area contributed by atoms with Gasteiger partial charge >= 0.3 is 0 Å². The highest BCUT2D eigenvalue weighted by atomic mass is 79.9. The number of nitrogens with one attached hydrogen (secondary N) is 1. The van der Waals surface area contributed by atoms with E-state index in [9.17, 15) is 0 Å². The summed E-state index contributed by atoms with van der Waals surface area (Å²) in [6.07, 6.45) is 1.03. The van der Waals surface area contributed by atoms with Crippen LogP contribution in [0.1, 0.15) is 19.4 Å². The van der Waals surface area contributed by atoms with E-state index in [1.54, 1.807) is 0 Å². The maximum Gasteiger partial charge on any atom is 0.0417 e. The van der Waals surface area contributed by atoms with E-state index in [1.165, 1.54) is 5.56 Å². The minimum atomic E-state index is 0.707. The molecule has 84 valence electrons. The fraction of sp³-hybridized carbons (Fsp3) is 0.500. The Balaban J connectivity index is 2.37. The second kappa shape index (κ2) is 6.51. The van der Waals surface area contributed by atoms with Gasteiger partial charge in [-0.15, -0.1) is 0 Å². The van der Waals surface area contributed by atoms with Gasteiger partial charge in [-0.05, 0) is 43.1 Å². The van der Waals surface area contributed by atoms with Crippen molar-refractivity contribution in [2.45, 2.75) is 20.3 Å². The number of halogens is 2. The molecular formula is C12H17BrClN. The second-order valence-electron chi connectivity index (χ2n) is 4.08. The van der Waals surface area contributed by atoms with Crippen LogP contribution in [0.5, 0.6) is 0 Å². The largest absolute Gasteiger partial charge is 0.316 e. The van der Waals surface area contributed by atoms with E-state index in [0.29, 0.717) is 5.92 Å². The number of rotatable bonds is 5. The van der Waals surface area contributed by atoms with Crippen molar-refractivity contribution >= 4 is 27.5 Å². The van der Waals surface area contributed by atoms with Crippen molar-refractivity contribution in [2.24, 2.45) is 5.92 Å². The first-order chi connectivity index (χ1) is 7.09. The molecule has 1 nitrogen and oxygen atoms in total. The lowest BCUT2D eigenvalue weighted by Crippen LogP contribution is -2.22. The molecule has 1 rings (SSSR count). The van der Waals surface area contributed by atoms with Crippen LogP contribution in [0.4, 0.5) is 0 Å². The third-order valence-corrected chi connectivity index (χ3v) is 3.11. The molecule has 0 atom stereocenters. The third kappa shape index (κ3) is 5.01. The number of benzene rings is 1. The van der Waals surface area contributed by atoms with Gasteiger partial charge in [-0.25, -0.2) is 0 Å². The van der Waals surface area contributed by atoms with E-state index < -0.39 is 0 Å². The van der Waals surface area contributed by atoms with Gasteiger partial charge in [0.2, 0.25) is 0 Å². The summed E-state index contributed by atoms with van der Waals surface area (Å²) in [4.78, 5) is 0. The molecule has 0 bridgehead atoms. The van der Waals surface area contributed by atoms with Crippen LogP contribution in [-0.2, 0) is 6.42 Å². The molecule has 0 aliphatic carbocycles. The standard InChI is InChI=1S/C12H17BrClN/c1-9(2)8-15-6-5-10-3-4-11(14)7-12(10)13/h3-4,7,9,15H,5-6,8H2,1-2H3. The molecule has 0 saturated heterocycles. The highest BCUT2D eigenvalue weighted by Crippen LogP contribution is 2.21. The number of hydrogen-bond donors (Lipinski definition) is 1. The SMILES string of the molecule is CC(C)CNCCc1ccc(Cl)cc1Br. The molecule has 0 spiro atoms. The zero-order valence-electron chi connectivity index (χ0n) is 9.19. The third-order valence-electron chi connectivity index (χ3n) is 2.14. The van der Waals surface area contributed by atoms with E-state index in [2.05, 4.69) is 41.2 Å². The summed E-state index contributed by atoms with van der Waals surface area (Å²) in [7, 11) is 0. The summed E-state index contributed by atoms with van der Waals surface area (Å²) >= 11 is 9.39. The molecule has 0 saturated carbocycles. The van der Waals surface area contributed by atoms with Crippen LogP contribution < -0.4 is 5.32 Å². The summed E-state index contributed by atoms with van der Waals surface area (Å²) in [6.45, 7) is 6.51. The van der Waals surface area contributed by atoms with Gasteiger partial charge in [-0.1, -0.05) is 47.4 Å². The molecule has 0 radical (unpaired) electrons. The highest BCUT2D eigenvalue weighted by molar-refractivity contribution is 9.10. The van der Waals surface area contributed by atoms with Gasteiger partial charge in [0, 0.05) is 9.50 Å². The van der Waals surface area contributed by atoms with Crippen LogP contribution in [0.3, 0.4) is 0 Å². The van der Waals surface area contributed by atoms with Crippen LogP contribution in [0.25, 0.3) is 0 Å². The van der Waals surface area contributed by atoms with Crippen molar-refractivity contribution in [3.05, 3.63) is 33.3 Å². The van der Waals surface area contributed by atoms with E-state index >= 15 is 0 Å². The molecular weight excluding hydrogens is 273 g/mol. The Kier molecular flexibility index (Phi) is 5.65. The zero-order valence-corrected chi connectivity index (χ0v) is 11.5. The molecule has 0 unspecified atom stereocenters. The fourth-order valence-electron chi connectivity index (χ4n) is 1.34. The maximum atomic E-state index is 5.87. The fourth-order valence-corrected chi connectivity index (χ4v) is 2.22. The average molecular weight is 291 g/mol. The molecule has 0 fully saturated rings. The monoisotopic (exact) mass is 289 g/mol. The van der Waals surface area contributed by atoms with Crippen molar-refractivity contribution in [1.29, 1.82) is 0 Å². The van der Waals surface area contributed by atoms with Gasteiger partial charge < -0.3 is 5.32 Å². The molecule has 1 aromatic rings. The molecule has 0 heterocycles. The van der Waals surface area contributed by atoms with E-state index in [1.807, 2.05) is 12.1 Å². The summed E-state index contributed by atoms with van der Waals surface area (Å²) < 4.78 is 1.10. The van der Waals surface area contributed by atoms with Gasteiger partial charge in [0.25, 0.3) is 0 Å². The normalized spacial score (nSPS) is 11.0. The Morgan fingerprint density at radius 2 is 2.13 bits per heavy atom. The Morgan fingerprint density at radius 1 is 1.40 bits per heavy atom. The lowest BCUT2D eigenvalue weighted by Gasteiger charge is -2.08. The smallest absolute Gasteiger partial charge is 0.0417 e.